The van der Waals surface area contributed by atoms with Gasteiger partial charge in [-0.25, -0.2) is 15.0 Å². The first-order chi connectivity index (χ1) is 19.2. The number of halogens is 3. The number of anilines is 1. The van der Waals surface area contributed by atoms with Crippen LogP contribution in [0.3, 0.4) is 0 Å². The number of fused-ring (bicyclic) bond motifs is 1. The van der Waals surface area contributed by atoms with E-state index in [1.165, 1.54) is 4.57 Å². The normalized spacial score (nSPS) is 15.3. The van der Waals surface area contributed by atoms with Gasteiger partial charge in [-0.3, -0.25) is 4.68 Å². The van der Waals surface area contributed by atoms with Crippen molar-refractivity contribution in [1.29, 1.82) is 0 Å². The molecule has 4 heterocycles. The van der Waals surface area contributed by atoms with Crippen LogP contribution in [-0.2, 0) is 33.2 Å². The lowest BCUT2D eigenvalue weighted by atomic mass is 9.98. The molecule has 0 radical (unpaired) electrons. The van der Waals surface area contributed by atoms with E-state index in [1.54, 1.807) is 26.6 Å². The van der Waals surface area contributed by atoms with Crippen molar-refractivity contribution in [3.63, 3.8) is 0 Å². The summed E-state index contributed by atoms with van der Waals surface area (Å²) in [5.74, 6) is 1.58. The minimum absolute atomic E-state index is 0.196. The van der Waals surface area contributed by atoms with Gasteiger partial charge in [-0.2, -0.15) is 18.3 Å². The number of methoxy groups -OCH3 is 1. The average Bonchev–Trinajstić information content (AvgIpc) is 3.63. The average molecular weight is 554 g/mol. The molecule has 0 saturated heterocycles. The summed E-state index contributed by atoms with van der Waals surface area (Å²) >= 11 is 0. The first-order valence-electron chi connectivity index (χ1n) is 13.3. The molecule has 210 valence electrons. The lowest BCUT2D eigenvalue weighted by Gasteiger charge is -2.30. The van der Waals surface area contributed by atoms with Gasteiger partial charge in [-0.05, 0) is 31.9 Å². The molecule has 1 saturated carbocycles. The Morgan fingerprint density at radius 3 is 2.60 bits per heavy atom. The molecule has 0 amide bonds. The number of hydrogen-bond acceptors (Lipinski definition) is 7. The fourth-order valence-corrected chi connectivity index (χ4v) is 5.46. The standard InChI is InChI=1S/C28H30F3N7O2/c1-5-40-21-12-17(8-9-18(21)26-34-22(14-36(26)2)28(29,30)31)38-11-10-20-19(13-38)25(35-37(20)3)23-24(16-6-7-16)32-15-33-27(23)39-4/h8-9,12,14-16H,5-7,10-11,13H2,1-4H3. The van der Waals surface area contributed by atoms with Crippen molar-refractivity contribution in [1.82, 2.24) is 29.3 Å². The Bertz CT molecular complexity index is 1570. The molecule has 4 aromatic rings. The van der Waals surface area contributed by atoms with Crippen molar-refractivity contribution < 1.29 is 22.6 Å². The summed E-state index contributed by atoms with van der Waals surface area (Å²) in [6, 6.07) is 5.56. The minimum atomic E-state index is -4.53. The largest absolute Gasteiger partial charge is 0.493 e. The van der Waals surface area contributed by atoms with Gasteiger partial charge in [-0.1, -0.05) is 0 Å². The Morgan fingerprint density at radius 2 is 1.93 bits per heavy atom. The van der Waals surface area contributed by atoms with Crippen LogP contribution in [0, 0.1) is 0 Å². The summed E-state index contributed by atoms with van der Waals surface area (Å²) in [6.45, 7) is 3.54. The molecular weight excluding hydrogens is 523 g/mol. The van der Waals surface area contributed by atoms with Gasteiger partial charge >= 0.3 is 6.18 Å². The molecule has 0 atom stereocenters. The van der Waals surface area contributed by atoms with Crippen molar-refractivity contribution in [2.24, 2.45) is 14.1 Å². The number of benzene rings is 1. The van der Waals surface area contributed by atoms with Crippen LogP contribution in [-0.4, -0.2) is 49.6 Å². The SMILES string of the molecule is CCOc1cc(N2CCc3c(c(-c4c(OC)ncnc4C4CC4)nn3C)C2)ccc1-c1nc(C(F)(F)F)cn1C. The van der Waals surface area contributed by atoms with Crippen LogP contribution in [0.2, 0.25) is 0 Å². The molecule has 12 heteroatoms. The molecule has 0 unspecified atom stereocenters. The van der Waals surface area contributed by atoms with Crippen molar-refractivity contribution in [2.45, 2.75) is 44.8 Å². The Morgan fingerprint density at radius 1 is 1.12 bits per heavy atom. The molecular formula is C28H30F3N7O2. The fraction of sp³-hybridized carbons (Fsp3) is 0.429. The molecule has 0 spiro atoms. The zero-order chi connectivity index (χ0) is 28.2. The van der Waals surface area contributed by atoms with Gasteiger partial charge in [0.05, 0.1) is 30.5 Å². The minimum Gasteiger partial charge on any atom is -0.493 e. The third-order valence-corrected chi connectivity index (χ3v) is 7.52. The summed E-state index contributed by atoms with van der Waals surface area (Å²) in [4.78, 5) is 15.1. The monoisotopic (exact) mass is 553 g/mol. The van der Waals surface area contributed by atoms with Gasteiger partial charge < -0.3 is 18.9 Å². The van der Waals surface area contributed by atoms with Crippen molar-refractivity contribution in [3.05, 3.63) is 53.4 Å². The molecule has 1 aliphatic heterocycles. The summed E-state index contributed by atoms with van der Waals surface area (Å²) in [5, 5.41) is 4.91. The summed E-state index contributed by atoms with van der Waals surface area (Å²) in [6.07, 6.45) is 0.955. The quantitative estimate of drug-likeness (QED) is 0.313. The van der Waals surface area contributed by atoms with Crippen molar-refractivity contribution >= 4 is 5.69 Å². The zero-order valence-electron chi connectivity index (χ0n) is 22.8. The van der Waals surface area contributed by atoms with Gasteiger partial charge in [0, 0.05) is 68.7 Å². The van der Waals surface area contributed by atoms with Crippen LogP contribution in [0.15, 0.2) is 30.7 Å². The number of ether oxygens (including phenoxy) is 2. The van der Waals surface area contributed by atoms with Crippen molar-refractivity contribution in [2.75, 3.05) is 25.2 Å². The predicted octanol–water partition coefficient (Wildman–Crippen LogP) is 5.14. The molecule has 0 bridgehead atoms. The number of rotatable bonds is 7. The Hall–Kier alpha value is -4.09. The van der Waals surface area contributed by atoms with E-state index < -0.39 is 11.9 Å². The number of aryl methyl sites for hydroxylation is 2. The van der Waals surface area contributed by atoms with Crippen LogP contribution in [0.5, 0.6) is 11.6 Å². The van der Waals surface area contributed by atoms with Crippen LogP contribution in [0.1, 0.15) is 48.3 Å². The lowest BCUT2D eigenvalue weighted by molar-refractivity contribution is -0.140. The Kier molecular flexibility index (Phi) is 6.42. The summed E-state index contributed by atoms with van der Waals surface area (Å²) in [7, 11) is 5.12. The van der Waals surface area contributed by atoms with Crippen LogP contribution >= 0.6 is 0 Å². The molecule has 2 aliphatic rings. The molecule has 40 heavy (non-hydrogen) atoms. The van der Waals surface area contributed by atoms with Crippen LogP contribution in [0.4, 0.5) is 18.9 Å². The first kappa shape index (κ1) is 26.1. The lowest BCUT2D eigenvalue weighted by Crippen LogP contribution is -2.31. The van der Waals surface area contributed by atoms with E-state index in [-0.39, 0.29) is 5.82 Å². The summed E-state index contributed by atoms with van der Waals surface area (Å²) in [5.41, 5.74) is 5.36. The highest BCUT2D eigenvalue weighted by atomic mass is 19.4. The zero-order valence-corrected chi connectivity index (χ0v) is 22.8. The second-order valence-electron chi connectivity index (χ2n) is 10.2. The highest BCUT2D eigenvalue weighted by Crippen LogP contribution is 2.47. The molecule has 3 aromatic heterocycles. The van der Waals surface area contributed by atoms with Crippen molar-refractivity contribution in [3.8, 4) is 34.3 Å². The maximum Gasteiger partial charge on any atom is 0.434 e. The van der Waals surface area contributed by atoms with E-state index in [0.717, 1.165) is 65.9 Å². The van der Waals surface area contributed by atoms with Gasteiger partial charge in [0.25, 0.3) is 0 Å². The maximum absolute atomic E-state index is 13.3. The van der Waals surface area contributed by atoms with E-state index in [4.69, 9.17) is 14.6 Å². The van der Waals surface area contributed by atoms with Gasteiger partial charge in [-0.15, -0.1) is 0 Å². The van der Waals surface area contributed by atoms with E-state index in [9.17, 15) is 13.2 Å². The molecule has 9 nitrogen and oxygen atoms in total. The van der Waals surface area contributed by atoms with E-state index in [0.29, 0.717) is 36.3 Å². The number of imidazole rings is 1. The molecule has 0 N–H and O–H groups in total. The van der Waals surface area contributed by atoms with Crippen LogP contribution in [0.25, 0.3) is 22.6 Å². The Balaban J connectivity index is 1.38. The second-order valence-corrected chi connectivity index (χ2v) is 10.2. The van der Waals surface area contributed by atoms with E-state index in [1.807, 2.05) is 30.8 Å². The molecule has 1 fully saturated rings. The fourth-order valence-electron chi connectivity index (χ4n) is 5.46. The van der Waals surface area contributed by atoms with Gasteiger partial charge in [0.1, 0.15) is 23.6 Å². The van der Waals surface area contributed by atoms with E-state index >= 15 is 0 Å². The van der Waals surface area contributed by atoms with Gasteiger partial charge in [0.15, 0.2) is 5.69 Å². The smallest absolute Gasteiger partial charge is 0.434 e. The third-order valence-electron chi connectivity index (χ3n) is 7.52. The van der Waals surface area contributed by atoms with Crippen LogP contribution < -0.4 is 14.4 Å². The molecule has 1 aromatic carbocycles. The molecule has 6 rings (SSSR count). The third kappa shape index (κ3) is 4.54. The number of nitrogens with zero attached hydrogens (tertiary/aromatic N) is 7. The molecule has 1 aliphatic carbocycles. The Labute approximate surface area is 229 Å². The second kappa shape index (κ2) is 9.83. The summed E-state index contributed by atoms with van der Waals surface area (Å²) < 4.78 is 54.8. The highest BCUT2D eigenvalue weighted by Gasteiger charge is 2.36. The highest BCUT2D eigenvalue weighted by molar-refractivity contribution is 5.74. The first-order valence-corrected chi connectivity index (χ1v) is 13.3. The number of hydrogen-bond donors (Lipinski definition) is 0. The predicted molar refractivity (Wildman–Crippen MR) is 142 cm³/mol. The number of aromatic nitrogens is 6. The van der Waals surface area contributed by atoms with Gasteiger partial charge in [0.2, 0.25) is 5.88 Å². The maximum atomic E-state index is 13.3. The topological polar surface area (TPSA) is 83.1 Å². The number of alkyl halides is 3. The van der Waals surface area contributed by atoms with E-state index in [2.05, 4.69) is 19.9 Å².